The molecule has 0 aromatic heterocycles. The van der Waals surface area contributed by atoms with E-state index in [1.54, 1.807) is 0 Å². The number of rotatable bonds is 1. The Morgan fingerprint density at radius 2 is 2.00 bits per heavy atom. The Morgan fingerprint density at radius 1 is 1.23 bits per heavy atom. The second-order valence-electron chi connectivity index (χ2n) is 5.81. The molecule has 5 heteroatoms. The molecular formula is C17H15ClN2OS. The van der Waals surface area contributed by atoms with Crippen LogP contribution in [0.3, 0.4) is 0 Å². The first-order valence-electron chi connectivity index (χ1n) is 7.22. The Hall–Kier alpha value is -1.78. The van der Waals surface area contributed by atoms with Gasteiger partial charge in [0.1, 0.15) is 5.75 Å². The number of ether oxygens (including phenoxy) is 1. The van der Waals surface area contributed by atoms with E-state index in [9.17, 15) is 0 Å². The molecule has 2 aliphatic rings. The number of anilines is 1. The van der Waals surface area contributed by atoms with Crippen LogP contribution in [0.1, 0.15) is 24.9 Å². The summed E-state index contributed by atoms with van der Waals surface area (Å²) in [5, 5.41) is 4.74. The highest BCUT2D eigenvalue weighted by Gasteiger charge is 2.48. The zero-order valence-electron chi connectivity index (χ0n) is 12.0. The van der Waals surface area contributed by atoms with Gasteiger partial charge >= 0.3 is 0 Å². The first-order valence-corrected chi connectivity index (χ1v) is 8.00. The Kier molecular flexibility index (Phi) is 3.06. The molecule has 2 aliphatic heterocycles. The molecule has 2 aromatic carbocycles. The second kappa shape index (κ2) is 4.86. The molecule has 0 amide bonds. The average Bonchev–Trinajstić information content (AvgIpc) is 2.49. The van der Waals surface area contributed by atoms with Crippen molar-refractivity contribution in [3.8, 4) is 5.75 Å². The number of nitrogens with one attached hydrogen (secondary N) is 1. The smallest absolute Gasteiger partial charge is 0.188 e. The SMILES string of the molecule is C[C@]12C[C@H](NC(=S)N1c1ccccc1)c1cccc(Cl)c1O2. The number of fused-ring (bicyclic) bond motifs is 4. The minimum absolute atomic E-state index is 0.125. The third-order valence-electron chi connectivity index (χ3n) is 4.27. The summed E-state index contributed by atoms with van der Waals surface area (Å²) in [6.45, 7) is 2.06. The number of hydrogen-bond donors (Lipinski definition) is 1. The minimum atomic E-state index is -0.549. The van der Waals surface area contributed by atoms with Crippen molar-refractivity contribution >= 4 is 34.6 Å². The van der Waals surface area contributed by atoms with Crippen molar-refractivity contribution in [1.29, 1.82) is 0 Å². The molecule has 1 fully saturated rings. The third kappa shape index (κ3) is 1.98. The van der Waals surface area contributed by atoms with Gasteiger partial charge in [0, 0.05) is 17.7 Å². The summed E-state index contributed by atoms with van der Waals surface area (Å²) in [6.07, 6.45) is 0.801. The fraction of sp³-hybridized carbons (Fsp3) is 0.235. The van der Waals surface area contributed by atoms with Crippen LogP contribution in [0.2, 0.25) is 5.02 Å². The van der Waals surface area contributed by atoms with Crippen molar-refractivity contribution in [2.45, 2.75) is 25.1 Å². The lowest BCUT2D eigenvalue weighted by atomic mass is 9.90. The number of hydrogen-bond acceptors (Lipinski definition) is 2. The number of para-hydroxylation sites is 2. The normalized spacial score (nSPS) is 26.0. The molecular weight excluding hydrogens is 316 g/mol. The van der Waals surface area contributed by atoms with Gasteiger partial charge in [0.2, 0.25) is 0 Å². The summed E-state index contributed by atoms with van der Waals surface area (Å²) in [4.78, 5) is 2.03. The van der Waals surface area contributed by atoms with E-state index in [2.05, 4.69) is 12.2 Å². The molecule has 112 valence electrons. The monoisotopic (exact) mass is 330 g/mol. The molecule has 2 bridgehead atoms. The number of nitrogens with zero attached hydrogens (tertiary/aromatic N) is 1. The molecule has 0 radical (unpaired) electrons. The maximum atomic E-state index is 6.34. The molecule has 2 atom stereocenters. The summed E-state index contributed by atoms with van der Waals surface area (Å²) in [5.74, 6) is 0.749. The summed E-state index contributed by atoms with van der Waals surface area (Å²) in [5.41, 5.74) is 1.53. The van der Waals surface area contributed by atoms with Crippen LogP contribution in [0.25, 0.3) is 0 Å². The van der Waals surface area contributed by atoms with Crippen LogP contribution in [0.15, 0.2) is 48.5 Å². The molecule has 4 rings (SSSR count). The van der Waals surface area contributed by atoms with Crippen LogP contribution in [0.4, 0.5) is 5.69 Å². The van der Waals surface area contributed by atoms with E-state index < -0.39 is 5.72 Å². The first-order chi connectivity index (χ1) is 10.6. The molecule has 0 spiro atoms. The molecule has 0 saturated carbocycles. The van der Waals surface area contributed by atoms with Crippen LogP contribution in [0.5, 0.6) is 5.75 Å². The zero-order valence-corrected chi connectivity index (χ0v) is 13.6. The molecule has 2 heterocycles. The molecule has 0 aliphatic carbocycles. The van der Waals surface area contributed by atoms with E-state index in [0.717, 1.165) is 23.4 Å². The van der Waals surface area contributed by atoms with E-state index in [1.807, 2.05) is 53.4 Å². The van der Waals surface area contributed by atoms with Crippen LogP contribution in [-0.4, -0.2) is 10.8 Å². The van der Waals surface area contributed by atoms with E-state index >= 15 is 0 Å². The lowest BCUT2D eigenvalue weighted by Crippen LogP contribution is -2.65. The van der Waals surface area contributed by atoms with E-state index in [4.69, 9.17) is 28.6 Å². The maximum Gasteiger partial charge on any atom is 0.188 e. The van der Waals surface area contributed by atoms with Gasteiger partial charge in [0.15, 0.2) is 10.8 Å². The molecule has 3 nitrogen and oxygen atoms in total. The average molecular weight is 331 g/mol. The van der Waals surface area contributed by atoms with E-state index in [0.29, 0.717) is 10.1 Å². The number of thiocarbonyl (C=S) groups is 1. The Balaban J connectivity index is 1.84. The highest BCUT2D eigenvalue weighted by molar-refractivity contribution is 7.80. The van der Waals surface area contributed by atoms with E-state index in [-0.39, 0.29) is 6.04 Å². The number of halogens is 1. The summed E-state index contributed by atoms with van der Waals surface area (Å²) in [7, 11) is 0. The largest absolute Gasteiger partial charge is 0.466 e. The molecule has 1 N–H and O–H groups in total. The van der Waals surface area contributed by atoms with Crippen LogP contribution in [-0.2, 0) is 0 Å². The number of benzene rings is 2. The topological polar surface area (TPSA) is 24.5 Å². The van der Waals surface area contributed by atoms with Gasteiger partial charge in [-0.25, -0.2) is 0 Å². The summed E-state index contributed by atoms with van der Waals surface area (Å²) in [6, 6.07) is 16.0. The second-order valence-corrected chi connectivity index (χ2v) is 6.61. The quantitative estimate of drug-likeness (QED) is 0.789. The van der Waals surface area contributed by atoms with Crippen molar-refractivity contribution in [1.82, 2.24) is 5.32 Å². The minimum Gasteiger partial charge on any atom is -0.466 e. The van der Waals surface area contributed by atoms with Crippen molar-refractivity contribution in [2.24, 2.45) is 0 Å². The van der Waals surface area contributed by atoms with Crippen LogP contribution in [0, 0.1) is 0 Å². The van der Waals surface area contributed by atoms with Crippen molar-refractivity contribution in [3.05, 3.63) is 59.1 Å². The van der Waals surface area contributed by atoms with Gasteiger partial charge in [-0.05, 0) is 37.3 Å². The Morgan fingerprint density at radius 3 is 2.77 bits per heavy atom. The third-order valence-corrected chi connectivity index (χ3v) is 4.86. The Labute approximate surface area is 139 Å². The molecule has 1 saturated heterocycles. The van der Waals surface area contributed by atoms with Crippen molar-refractivity contribution in [2.75, 3.05) is 4.90 Å². The lowest BCUT2D eigenvalue weighted by molar-refractivity contribution is 0.0499. The molecule has 0 unspecified atom stereocenters. The molecule has 22 heavy (non-hydrogen) atoms. The highest BCUT2D eigenvalue weighted by atomic mass is 35.5. The molecule has 2 aromatic rings. The Bertz CT molecular complexity index is 752. The maximum absolute atomic E-state index is 6.34. The van der Waals surface area contributed by atoms with Crippen molar-refractivity contribution < 1.29 is 4.74 Å². The fourth-order valence-electron chi connectivity index (χ4n) is 3.32. The van der Waals surface area contributed by atoms with Gasteiger partial charge in [-0.15, -0.1) is 0 Å². The predicted octanol–water partition coefficient (Wildman–Crippen LogP) is 4.27. The highest BCUT2D eigenvalue weighted by Crippen LogP contribution is 2.47. The van der Waals surface area contributed by atoms with E-state index in [1.165, 1.54) is 0 Å². The lowest BCUT2D eigenvalue weighted by Gasteiger charge is -2.52. The van der Waals surface area contributed by atoms with Crippen LogP contribution >= 0.6 is 23.8 Å². The predicted molar refractivity (Wildman–Crippen MR) is 92.5 cm³/mol. The van der Waals surface area contributed by atoms with Gasteiger partial charge in [0.05, 0.1) is 11.1 Å². The van der Waals surface area contributed by atoms with Gasteiger partial charge in [0.25, 0.3) is 0 Å². The van der Waals surface area contributed by atoms with Crippen LogP contribution < -0.4 is 15.0 Å². The van der Waals surface area contributed by atoms with Crippen molar-refractivity contribution in [3.63, 3.8) is 0 Å². The summed E-state index contributed by atoms with van der Waals surface area (Å²) < 4.78 is 6.32. The van der Waals surface area contributed by atoms with Gasteiger partial charge in [-0.2, -0.15) is 0 Å². The standard InChI is InChI=1S/C17H15ClN2OS/c1-17-10-14(12-8-5-9-13(18)15(12)21-17)19-16(22)20(17)11-6-3-2-4-7-11/h2-9,14H,10H2,1H3,(H,19,22)/t14-,17-/m0/s1. The fourth-order valence-corrected chi connectivity index (χ4v) is 3.98. The zero-order chi connectivity index (χ0) is 15.3. The van der Waals surface area contributed by atoms with Gasteiger partial charge in [-0.3, -0.25) is 4.90 Å². The van der Waals surface area contributed by atoms with Gasteiger partial charge < -0.3 is 10.1 Å². The first kappa shape index (κ1) is 13.9. The van der Waals surface area contributed by atoms with Gasteiger partial charge in [-0.1, -0.05) is 41.9 Å². The summed E-state index contributed by atoms with van der Waals surface area (Å²) >= 11 is 11.9.